The van der Waals surface area contributed by atoms with Gasteiger partial charge >= 0.3 is 0 Å². The Morgan fingerprint density at radius 3 is 2.24 bits per heavy atom. The van der Waals surface area contributed by atoms with Gasteiger partial charge in [0, 0.05) is 12.1 Å². The smallest absolute Gasteiger partial charge is 0.108 e. The monoisotopic (exact) mass is 375 g/mol. The van der Waals surface area contributed by atoms with Gasteiger partial charge in [0.2, 0.25) is 0 Å². The molecule has 2 unspecified atom stereocenters. The second-order valence-electron chi connectivity index (χ2n) is 7.24. The van der Waals surface area contributed by atoms with Crippen molar-refractivity contribution < 1.29 is 4.74 Å². The summed E-state index contributed by atoms with van der Waals surface area (Å²) in [6, 6.07) is 17.5. The number of piperidine rings is 1. The first-order valence-corrected chi connectivity index (χ1v) is 9.74. The standard InChI is InChI=1S/C21H23Cl2NO/c1-24-16-8-9-17(24)13-18(12-16)25-21(14-5-3-2-4-6-14)15-7-10-19(22)20(23)11-15/h2-7,10-11,16-18,21H,8-9,12-13H2,1H3/t16-,17+,18?,21?. The van der Waals surface area contributed by atoms with Crippen molar-refractivity contribution in [3.8, 4) is 0 Å². The summed E-state index contributed by atoms with van der Waals surface area (Å²) in [5.74, 6) is 0. The molecule has 2 aromatic carbocycles. The Balaban J connectivity index is 1.61. The van der Waals surface area contributed by atoms with Gasteiger partial charge in [0.15, 0.2) is 0 Å². The van der Waals surface area contributed by atoms with Crippen LogP contribution in [0, 0.1) is 0 Å². The molecule has 0 radical (unpaired) electrons. The minimum absolute atomic E-state index is 0.108. The molecule has 2 aliphatic heterocycles. The molecule has 25 heavy (non-hydrogen) atoms. The summed E-state index contributed by atoms with van der Waals surface area (Å²) in [7, 11) is 2.26. The Kier molecular flexibility index (Phi) is 5.06. The summed E-state index contributed by atoms with van der Waals surface area (Å²) < 4.78 is 6.66. The minimum Gasteiger partial charge on any atom is -0.365 e. The number of hydrogen-bond donors (Lipinski definition) is 0. The fourth-order valence-electron chi connectivity index (χ4n) is 4.32. The molecule has 2 aliphatic rings. The maximum atomic E-state index is 6.66. The lowest BCUT2D eigenvalue weighted by Crippen LogP contribution is -2.43. The van der Waals surface area contributed by atoms with Crippen LogP contribution in [-0.4, -0.2) is 30.1 Å². The van der Waals surface area contributed by atoms with Gasteiger partial charge in [0.1, 0.15) is 6.10 Å². The van der Waals surface area contributed by atoms with Crippen LogP contribution >= 0.6 is 23.2 Å². The lowest BCUT2D eigenvalue weighted by atomic mass is 9.97. The Hall–Kier alpha value is -1.06. The highest BCUT2D eigenvalue weighted by Gasteiger charge is 2.39. The lowest BCUT2D eigenvalue weighted by molar-refractivity contribution is -0.0426. The predicted octanol–water partition coefficient (Wildman–Crippen LogP) is 5.72. The van der Waals surface area contributed by atoms with Crippen molar-refractivity contribution in [2.45, 2.75) is 50.0 Å². The largest absolute Gasteiger partial charge is 0.365 e. The number of hydrogen-bond acceptors (Lipinski definition) is 2. The highest BCUT2D eigenvalue weighted by Crippen LogP contribution is 2.39. The van der Waals surface area contributed by atoms with Crippen LogP contribution in [0.25, 0.3) is 0 Å². The Bertz CT molecular complexity index is 722. The van der Waals surface area contributed by atoms with Crippen molar-refractivity contribution in [2.24, 2.45) is 0 Å². The van der Waals surface area contributed by atoms with Gasteiger partial charge in [-0.1, -0.05) is 59.6 Å². The molecule has 0 amide bonds. The molecule has 2 saturated heterocycles. The van der Waals surface area contributed by atoms with E-state index in [1.54, 1.807) is 0 Å². The summed E-state index contributed by atoms with van der Waals surface area (Å²) in [6.07, 6.45) is 4.99. The zero-order chi connectivity index (χ0) is 17.4. The maximum Gasteiger partial charge on any atom is 0.108 e. The van der Waals surface area contributed by atoms with Gasteiger partial charge in [0.25, 0.3) is 0 Å². The zero-order valence-electron chi connectivity index (χ0n) is 14.4. The van der Waals surface area contributed by atoms with E-state index in [1.807, 2.05) is 24.3 Å². The van der Waals surface area contributed by atoms with Gasteiger partial charge in [-0.3, -0.25) is 0 Å². The maximum absolute atomic E-state index is 6.66. The van der Waals surface area contributed by atoms with Crippen molar-refractivity contribution in [1.82, 2.24) is 4.90 Å². The van der Waals surface area contributed by atoms with E-state index in [2.05, 4.69) is 36.2 Å². The number of fused-ring (bicyclic) bond motifs is 2. The van der Waals surface area contributed by atoms with Crippen molar-refractivity contribution in [1.29, 1.82) is 0 Å². The third-order valence-electron chi connectivity index (χ3n) is 5.73. The second-order valence-corrected chi connectivity index (χ2v) is 8.06. The highest BCUT2D eigenvalue weighted by molar-refractivity contribution is 6.42. The van der Waals surface area contributed by atoms with E-state index >= 15 is 0 Å². The molecule has 0 aromatic heterocycles. The zero-order valence-corrected chi connectivity index (χ0v) is 15.9. The fraction of sp³-hybridized carbons (Fsp3) is 0.429. The molecule has 0 aliphatic carbocycles. The first kappa shape index (κ1) is 17.4. The predicted molar refractivity (Wildman–Crippen MR) is 103 cm³/mol. The van der Waals surface area contributed by atoms with Gasteiger partial charge < -0.3 is 9.64 Å². The SMILES string of the molecule is CN1[C@@H]2CC[C@H]1CC(OC(c1ccccc1)c1ccc(Cl)c(Cl)c1)C2. The van der Waals surface area contributed by atoms with Crippen LogP contribution < -0.4 is 0 Å². The summed E-state index contributed by atoms with van der Waals surface area (Å²) in [5, 5.41) is 1.15. The van der Waals surface area contributed by atoms with E-state index in [0.717, 1.165) is 24.0 Å². The molecular formula is C21H23Cl2NO. The third kappa shape index (κ3) is 3.59. The summed E-state index contributed by atoms with van der Waals surface area (Å²) in [4.78, 5) is 2.54. The average Bonchev–Trinajstić information content (AvgIpc) is 2.84. The van der Waals surface area contributed by atoms with E-state index in [9.17, 15) is 0 Å². The number of rotatable bonds is 4. The van der Waals surface area contributed by atoms with Crippen molar-refractivity contribution >= 4 is 23.2 Å². The van der Waals surface area contributed by atoms with E-state index in [0.29, 0.717) is 22.1 Å². The lowest BCUT2D eigenvalue weighted by Gasteiger charge is -2.38. The molecule has 2 nitrogen and oxygen atoms in total. The van der Waals surface area contributed by atoms with Crippen molar-refractivity contribution in [2.75, 3.05) is 7.05 Å². The number of nitrogens with zero attached hydrogens (tertiary/aromatic N) is 1. The van der Waals surface area contributed by atoms with Gasteiger partial charge in [-0.2, -0.15) is 0 Å². The molecule has 132 valence electrons. The fourth-order valence-corrected chi connectivity index (χ4v) is 4.62. The first-order valence-electron chi connectivity index (χ1n) is 8.99. The van der Waals surface area contributed by atoms with E-state index in [1.165, 1.54) is 12.8 Å². The summed E-state index contributed by atoms with van der Waals surface area (Å²) >= 11 is 12.4. The van der Waals surface area contributed by atoms with Crippen molar-refractivity contribution in [3.05, 3.63) is 69.7 Å². The Morgan fingerprint density at radius 1 is 0.920 bits per heavy atom. The van der Waals surface area contributed by atoms with Gasteiger partial charge in [-0.05, 0) is 56.0 Å². The number of ether oxygens (including phenoxy) is 1. The van der Waals surface area contributed by atoms with Crippen LogP contribution in [0.15, 0.2) is 48.5 Å². The normalized spacial score (nSPS) is 27.4. The van der Waals surface area contributed by atoms with Crippen molar-refractivity contribution in [3.63, 3.8) is 0 Å². The van der Waals surface area contributed by atoms with E-state index < -0.39 is 0 Å². The van der Waals surface area contributed by atoms with Gasteiger partial charge in [-0.15, -0.1) is 0 Å². The topological polar surface area (TPSA) is 12.5 Å². The van der Waals surface area contributed by atoms with Crippen LogP contribution in [0.3, 0.4) is 0 Å². The van der Waals surface area contributed by atoms with Crippen LogP contribution in [0.2, 0.25) is 10.0 Å². The van der Waals surface area contributed by atoms with Gasteiger partial charge in [-0.25, -0.2) is 0 Å². The summed E-state index contributed by atoms with van der Waals surface area (Å²) in [5.41, 5.74) is 2.22. The van der Waals surface area contributed by atoms with E-state index in [-0.39, 0.29) is 12.2 Å². The second kappa shape index (κ2) is 7.28. The first-order chi connectivity index (χ1) is 12.1. The summed E-state index contributed by atoms with van der Waals surface area (Å²) in [6.45, 7) is 0. The highest BCUT2D eigenvalue weighted by atomic mass is 35.5. The molecule has 0 N–H and O–H groups in total. The molecule has 2 fully saturated rings. The molecule has 2 aromatic rings. The van der Waals surface area contributed by atoms with E-state index in [4.69, 9.17) is 27.9 Å². The molecule has 0 saturated carbocycles. The molecule has 4 rings (SSSR count). The molecule has 2 bridgehead atoms. The minimum atomic E-state index is -0.108. The van der Waals surface area contributed by atoms with Crippen LogP contribution in [-0.2, 0) is 4.74 Å². The quantitative estimate of drug-likeness (QED) is 0.676. The van der Waals surface area contributed by atoms with Crippen LogP contribution in [0.4, 0.5) is 0 Å². The third-order valence-corrected chi connectivity index (χ3v) is 6.47. The number of halogens is 2. The number of benzene rings is 2. The van der Waals surface area contributed by atoms with Crippen LogP contribution in [0.1, 0.15) is 42.9 Å². The molecular weight excluding hydrogens is 353 g/mol. The van der Waals surface area contributed by atoms with Crippen LogP contribution in [0.5, 0.6) is 0 Å². The molecule has 4 heteroatoms. The molecule has 4 atom stereocenters. The molecule has 2 heterocycles. The van der Waals surface area contributed by atoms with Gasteiger partial charge in [0.05, 0.1) is 16.1 Å². The Morgan fingerprint density at radius 2 is 1.60 bits per heavy atom. The molecule has 0 spiro atoms. The Labute approximate surface area is 159 Å². The average molecular weight is 376 g/mol.